The molecule has 6 heteroatoms. The number of carboxylic acid groups (broad SMARTS) is 1. The van der Waals surface area contributed by atoms with E-state index < -0.39 is 5.97 Å². The molecule has 1 saturated heterocycles. The molecule has 1 fully saturated rings. The lowest BCUT2D eigenvalue weighted by atomic mass is 9.95. The summed E-state index contributed by atoms with van der Waals surface area (Å²) in [6.45, 7) is 7.33. The van der Waals surface area contributed by atoms with Crippen LogP contribution in [-0.2, 0) is 11.2 Å². The first kappa shape index (κ1) is 19.0. The van der Waals surface area contributed by atoms with Crippen LogP contribution >= 0.6 is 0 Å². The summed E-state index contributed by atoms with van der Waals surface area (Å²) in [5.41, 5.74) is 1.80. The summed E-state index contributed by atoms with van der Waals surface area (Å²) >= 11 is 0. The normalized spacial score (nSPS) is 17.1. The Kier molecular flexibility index (Phi) is 5.26. The van der Waals surface area contributed by atoms with E-state index in [0.29, 0.717) is 17.2 Å². The molecule has 0 spiro atoms. The van der Waals surface area contributed by atoms with Crippen LogP contribution < -0.4 is 0 Å². The molecule has 1 N–H and O–H groups in total. The van der Waals surface area contributed by atoms with Crippen LogP contribution in [0.4, 0.5) is 0 Å². The molecule has 1 aromatic carbocycles. The molecule has 142 valence electrons. The minimum absolute atomic E-state index is 0.181. The molecule has 0 radical (unpaired) electrons. The predicted molar refractivity (Wildman–Crippen MR) is 102 cm³/mol. The Hall–Kier alpha value is -2.76. The Morgan fingerprint density at radius 1 is 1.22 bits per heavy atom. The van der Waals surface area contributed by atoms with Crippen LogP contribution in [-0.4, -0.2) is 44.9 Å². The van der Waals surface area contributed by atoms with Gasteiger partial charge in [-0.15, -0.1) is 0 Å². The maximum Gasteiger partial charge on any atom is 0.336 e. The Labute approximate surface area is 159 Å². The van der Waals surface area contributed by atoms with E-state index >= 15 is 0 Å². The van der Waals surface area contributed by atoms with Crippen molar-refractivity contribution in [2.75, 3.05) is 13.1 Å². The lowest BCUT2D eigenvalue weighted by Crippen LogP contribution is -2.38. The largest absolute Gasteiger partial charge is 0.478 e. The molecule has 0 bridgehead atoms. The molecule has 0 aliphatic carbocycles. The van der Waals surface area contributed by atoms with E-state index in [1.165, 1.54) is 0 Å². The molecular weight excluding hydrogens is 342 g/mol. The monoisotopic (exact) mass is 367 g/mol. The van der Waals surface area contributed by atoms with Gasteiger partial charge in [0.1, 0.15) is 0 Å². The minimum Gasteiger partial charge on any atom is -0.478 e. The van der Waals surface area contributed by atoms with Crippen LogP contribution in [0.25, 0.3) is 11.3 Å². The van der Waals surface area contributed by atoms with Gasteiger partial charge in [-0.25, -0.2) is 9.78 Å². The van der Waals surface area contributed by atoms with E-state index in [2.05, 4.69) is 9.97 Å². The molecule has 1 aliphatic heterocycles. The number of amides is 1. The number of hydrogen-bond donors (Lipinski definition) is 1. The Morgan fingerprint density at radius 3 is 2.67 bits per heavy atom. The maximum absolute atomic E-state index is 12.4. The fourth-order valence-corrected chi connectivity index (χ4v) is 3.48. The summed E-state index contributed by atoms with van der Waals surface area (Å²) < 4.78 is 0. The minimum atomic E-state index is -0.982. The summed E-state index contributed by atoms with van der Waals surface area (Å²) in [7, 11) is 0. The molecule has 6 nitrogen and oxygen atoms in total. The van der Waals surface area contributed by atoms with Crippen molar-refractivity contribution >= 4 is 11.9 Å². The first-order valence-corrected chi connectivity index (χ1v) is 9.18. The number of carbonyl (C=O) groups is 2. The van der Waals surface area contributed by atoms with Gasteiger partial charge in [-0.3, -0.25) is 9.78 Å². The number of aromatic nitrogens is 2. The highest BCUT2D eigenvalue weighted by Gasteiger charge is 2.32. The third kappa shape index (κ3) is 4.32. The van der Waals surface area contributed by atoms with Gasteiger partial charge in [0.05, 0.1) is 23.1 Å². The molecule has 2 heterocycles. The van der Waals surface area contributed by atoms with Crippen molar-refractivity contribution in [3.05, 3.63) is 47.9 Å². The Balaban J connectivity index is 1.75. The molecule has 1 aromatic heterocycles. The average molecular weight is 367 g/mol. The average Bonchev–Trinajstić information content (AvgIpc) is 3.08. The third-order valence-electron chi connectivity index (χ3n) is 4.83. The van der Waals surface area contributed by atoms with Gasteiger partial charge in [0, 0.05) is 30.3 Å². The molecule has 2 aromatic rings. The number of benzene rings is 1. The second kappa shape index (κ2) is 7.47. The van der Waals surface area contributed by atoms with Crippen LogP contribution in [0.15, 0.2) is 36.7 Å². The molecular formula is C21H25N3O3. The number of hydrogen-bond acceptors (Lipinski definition) is 4. The quantitative estimate of drug-likeness (QED) is 0.897. The second-order valence-corrected chi connectivity index (χ2v) is 8.11. The highest BCUT2D eigenvalue weighted by atomic mass is 16.4. The topological polar surface area (TPSA) is 83.4 Å². The highest BCUT2D eigenvalue weighted by Crippen LogP contribution is 2.27. The summed E-state index contributed by atoms with van der Waals surface area (Å²) in [5.74, 6) is -0.458. The summed E-state index contributed by atoms with van der Waals surface area (Å²) in [6.07, 6.45) is 4.99. The molecule has 1 unspecified atom stereocenters. The van der Waals surface area contributed by atoms with E-state index in [9.17, 15) is 14.7 Å². The lowest BCUT2D eigenvalue weighted by molar-refractivity contribution is -0.138. The zero-order valence-electron chi connectivity index (χ0n) is 16.0. The van der Waals surface area contributed by atoms with Gasteiger partial charge in [-0.1, -0.05) is 39.0 Å². The van der Waals surface area contributed by atoms with Crippen molar-refractivity contribution in [2.24, 2.45) is 11.3 Å². The molecule has 1 amide bonds. The first-order valence-electron chi connectivity index (χ1n) is 9.18. The Morgan fingerprint density at radius 2 is 1.96 bits per heavy atom. The van der Waals surface area contributed by atoms with Crippen molar-refractivity contribution < 1.29 is 14.7 Å². The van der Waals surface area contributed by atoms with E-state index in [0.717, 1.165) is 31.6 Å². The van der Waals surface area contributed by atoms with E-state index in [4.69, 9.17) is 0 Å². The van der Waals surface area contributed by atoms with Crippen molar-refractivity contribution in [1.29, 1.82) is 0 Å². The van der Waals surface area contributed by atoms with E-state index in [1.807, 2.05) is 25.7 Å². The molecule has 1 atom stereocenters. The van der Waals surface area contributed by atoms with Gasteiger partial charge in [-0.2, -0.15) is 0 Å². The van der Waals surface area contributed by atoms with Crippen molar-refractivity contribution in [2.45, 2.75) is 33.6 Å². The van der Waals surface area contributed by atoms with Gasteiger partial charge in [0.25, 0.3) is 0 Å². The van der Waals surface area contributed by atoms with E-state index in [-0.39, 0.29) is 16.9 Å². The number of carbonyl (C=O) groups excluding carboxylic acids is 1. The van der Waals surface area contributed by atoms with Crippen LogP contribution in [0.3, 0.4) is 0 Å². The molecule has 3 rings (SSSR count). The first-order chi connectivity index (χ1) is 12.8. The number of aromatic carboxylic acids is 1. The maximum atomic E-state index is 12.4. The smallest absolute Gasteiger partial charge is 0.336 e. The number of carboxylic acids is 1. The lowest BCUT2D eigenvalue weighted by Gasteiger charge is -2.25. The molecule has 0 saturated carbocycles. The van der Waals surface area contributed by atoms with Crippen molar-refractivity contribution in [1.82, 2.24) is 14.9 Å². The van der Waals surface area contributed by atoms with Gasteiger partial charge < -0.3 is 10.0 Å². The molecule has 27 heavy (non-hydrogen) atoms. The summed E-state index contributed by atoms with van der Waals surface area (Å²) in [5, 5.41) is 9.39. The van der Waals surface area contributed by atoms with Crippen molar-refractivity contribution in [3.63, 3.8) is 0 Å². The van der Waals surface area contributed by atoms with Gasteiger partial charge in [0.2, 0.25) is 5.91 Å². The number of rotatable bonds is 4. The number of likely N-dealkylation sites (tertiary alicyclic amines) is 1. The fraction of sp³-hybridized carbons (Fsp3) is 0.429. The zero-order chi connectivity index (χ0) is 19.6. The van der Waals surface area contributed by atoms with Crippen LogP contribution in [0.1, 0.15) is 43.2 Å². The van der Waals surface area contributed by atoms with Crippen LogP contribution in [0.5, 0.6) is 0 Å². The second-order valence-electron chi connectivity index (χ2n) is 8.11. The third-order valence-corrected chi connectivity index (χ3v) is 4.83. The van der Waals surface area contributed by atoms with Crippen LogP contribution in [0.2, 0.25) is 0 Å². The number of nitrogens with zero attached hydrogens (tertiary/aromatic N) is 3. The van der Waals surface area contributed by atoms with E-state index in [1.54, 1.807) is 36.7 Å². The fourth-order valence-electron chi connectivity index (χ4n) is 3.48. The van der Waals surface area contributed by atoms with Gasteiger partial charge >= 0.3 is 5.97 Å². The van der Waals surface area contributed by atoms with Gasteiger partial charge in [-0.05, 0) is 24.8 Å². The summed E-state index contributed by atoms with van der Waals surface area (Å²) in [4.78, 5) is 34.7. The van der Waals surface area contributed by atoms with Crippen molar-refractivity contribution in [3.8, 4) is 11.3 Å². The standard InChI is InChI=1S/C21H25N3O3/c1-21(2,3)20(27)24-9-8-14(13-24)10-15-11-22-12-18(23-15)16-6-4-5-7-17(16)19(25)26/h4-7,11-12,14H,8-10,13H2,1-3H3,(H,25,26). The highest BCUT2D eigenvalue weighted by molar-refractivity contribution is 5.95. The zero-order valence-corrected chi connectivity index (χ0v) is 16.0. The predicted octanol–water partition coefficient (Wildman–Crippen LogP) is 3.28. The van der Waals surface area contributed by atoms with Crippen LogP contribution in [0, 0.1) is 11.3 Å². The molecule has 1 aliphatic rings. The van der Waals surface area contributed by atoms with Gasteiger partial charge in [0.15, 0.2) is 0 Å². The summed E-state index contributed by atoms with van der Waals surface area (Å²) in [6, 6.07) is 6.81. The SMILES string of the molecule is CC(C)(C)C(=O)N1CCC(Cc2cncc(-c3ccccc3C(=O)O)n2)C1. The Bertz CT molecular complexity index is 858.